The van der Waals surface area contributed by atoms with Crippen LogP contribution in [0.5, 0.6) is 5.75 Å². The molecule has 6 nitrogen and oxygen atoms in total. The topological polar surface area (TPSA) is 75.7 Å². The van der Waals surface area contributed by atoms with Gasteiger partial charge in [0, 0.05) is 10.0 Å². The number of carbonyl (C=O) groups is 3. The van der Waals surface area contributed by atoms with Crippen molar-refractivity contribution in [2.75, 3.05) is 4.90 Å². The van der Waals surface area contributed by atoms with Crippen LogP contribution in [-0.2, 0) is 16.2 Å². The van der Waals surface area contributed by atoms with Gasteiger partial charge in [0.05, 0.1) is 10.2 Å². The van der Waals surface area contributed by atoms with Gasteiger partial charge in [-0.15, -0.1) is 0 Å². The Balaban J connectivity index is 1.57. The average Bonchev–Trinajstić information content (AvgIpc) is 2.77. The number of ether oxygens (including phenoxy) is 1. The Morgan fingerprint density at radius 1 is 0.939 bits per heavy atom. The lowest BCUT2D eigenvalue weighted by atomic mass is 10.1. The van der Waals surface area contributed by atoms with Crippen molar-refractivity contribution in [3.05, 3.63) is 97.9 Å². The van der Waals surface area contributed by atoms with Gasteiger partial charge in [-0.25, -0.2) is 9.69 Å². The molecule has 0 spiro atoms. The lowest BCUT2D eigenvalue weighted by Gasteiger charge is -2.26. The van der Waals surface area contributed by atoms with E-state index >= 15 is 0 Å². The SMILES string of the molecule is Cc1cccc(N2C(=O)NC(=O)/C(=C\c3ccc(OCc4ccccc4Br)c(Br)c3)C2=O)c1. The zero-order valence-electron chi connectivity index (χ0n) is 17.5. The number of halogens is 2. The standard InChI is InChI=1S/C25H18Br2N2O4/c1-15-5-4-7-18(11-15)29-24(31)19(23(30)28-25(29)32)12-16-9-10-22(21(27)13-16)33-14-17-6-2-3-8-20(17)26/h2-13H,14H2,1H3,(H,28,30,32)/b19-12+. The van der Waals surface area contributed by atoms with E-state index in [1.54, 1.807) is 36.4 Å². The van der Waals surface area contributed by atoms with Crippen LogP contribution >= 0.6 is 31.9 Å². The predicted molar refractivity (Wildman–Crippen MR) is 133 cm³/mol. The van der Waals surface area contributed by atoms with Gasteiger partial charge in [-0.1, -0.05) is 52.3 Å². The van der Waals surface area contributed by atoms with Crippen molar-refractivity contribution in [3.63, 3.8) is 0 Å². The molecule has 0 unspecified atom stereocenters. The van der Waals surface area contributed by atoms with Gasteiger partial charge < -0.3 is 4.74 Å². The first-order chi connectivity index (χ1) is 15.8. The van der Waals surface area contributed by atoms with Gasteiger partial charge in [-0.2, -0.15) is 0 Å². The van der Waals surface area contributed by atoms with Crippen molar-refractivity contribution < 1.29 is 19.1 Å². The number of urea groups is 1. The Bertz CT molecular complexity index is 1300. The van der Waals surface area contributed by atoms with Crippen molar-refractivity contribution in [1.29, 1.82) is 0 Å². The number of anilines is 1. The second-order valence-electron chi connectivity index (χ2n) is 7.37. The van der Waals surface area contributed by atoms with Crippen LogP contribution in [0.2, 0.25) is 0 Å². The van der Waals surface area contributed by atoms with Crippen molar-refractivity contribution in [1.82, 2.24) is 5.32 Å². The molecule has 1 heterocycles. The minimum absolute atomic E-state index is 0.134. The molecular weight excluding hydrogens is 552 g/mol. The number of barbiturate groups is 1. The number of hydrogen-bond donors (Lipinski definition) is 1. The fourth-order valence-electron chi connectivity index (χ4n) is 3.32. The minimum atomic E-state index is -0.773. The molecule has 0 atom stereocenters. The number of nitrogens with one attached hydrogen (secondary N) is 1. The Kier molecular flexibility index (Phi) is 6.76. The fraction of sp³-hybridized carbons (Fsp3) is 0.0800. The van der Waals surface area contributed by atoms with Gasteiger partial charge in [-0.05, 0) is 70.4 Å². The molecule has 0 radical (unpaired) electrons. The maximum absolute atomic E-state index is 13.0. The van der Waals surface area contributed by atoms with E-state index in [2.05, 4.69) is 37.2 Å². The lowest BCUT2D eigenvalue weighted by Crippen LogP contribution is -2.54. The highest BCUT2D eigenvalue weighted by atomic mass is 79.9. The van der Waals surface area contributed by atoms with Crippen LogP contribution in [-0.4, -0.2) is 17.8 Å². The van der Waals surface area contributed by atoms with Crippen LogP contribution in [0.15, 0.2) is 81.2 Å². The number of rotatable bonds is 5. The van der Waals surface area contributed by atoms with Gasteiger partial charge >= 0.3 is 6.03 Å². The Morgan fingerprint density at radius 2 is 1.73 bits per heavy atom. The molecule has 1 aliphatic heterocycles. The highest BCUT2D eigenvalue weighted by Crippen LogP contribution is 2.29. The molecule has 33 heavy (non-hydrogen) atoms. The van der Waals surface area contributed by atoms with E-state index in [0.717, 1.165) is 20.5 Å². The fourth-order valence-corrected chi connectivity index (χ4v) is 4.23. The van der Waals surface area contributed by atoms with Crippen LogP contribution in [0.4, 0.5) is 10.5 Å². The quantitative estimate of drug-likeness (QED) is 0.313. The van der Waals surface area contributed by atoms with Crippen molar-refractivity contribution >= 4 is 61.5 Å². The summed E-state index contributed by atoms with van der Waals surface area (Å²) in [5.41, 5.74) is 2.75. The number of carbonyl (C=O) groups excluding carboxylic acids is 3. The van der Waals surface area contributed by atoms with Crippen LogP contribution in [0.25, 0.3) is 6.08 Å². The molecule has 4 amide bonds. The van der Waals surface area contributed by atoms with E-state index in [0.29, 0.717) is 28.1 Å². The first-order valence-electron chi connectivity index (χ1n) is 9.97. The van der Waals surface area contributed by atoms with Gasteiger partial charge in [-0.3, -0.25) is 14.9 Å². The highest BCUT2D eigenvalue weighted by Gasteiger charge is 2.36. The van der Waals surface area contributed by atoms with Crippen LogP contribution in [0, 0.1) is 6.92 Å². The Hall–Kier alpha value is -3.23. The summed E-state index contributed by atoms with van der Waals surface area (Å²) in [6.45, 7) is 2.23. The third-order valence-electron chi connectivity index (χ3n) is 4.97. The van der Waals surface area contributed by atoms with Gasteiger partial charge in [0.1, 0.15) is 17.9 Å². The molecule has 4 rings (SSSR count). The molecule has 0 aliphatic carbocycles. The molecule has 3 aromatic carbocycles. The molecule has 0 aromatic heterocycles. The molecule has 1 aliphatic rings. The summed E-state index contributed by atoms with van der Waals surface area (Å²) in [4.78, 5) is 38.8. The normalized spacial score (nSPS) is 15.1. The monoisotopic (exact) mass is 568 g/mol. The van der Waals surface area contributed by atoms with E-state index < -0.39 is 17.8 Å². The van der Waals surface area contributed by atoms with Crippen LogP contribution < -0.4 is 15.0 Å². The molecule has 1 saturated heterocycles. The third-order valence-corrected chi connectivity index (χ3v) is 6.36. The van der Waals surface area contributed by atoms with E-state index in [9.17, 15) is 14.4 Å². The van der Waals surface area contributed by atoms with Crippen molar-refractivity contribution in [2.45, 2.75) is 13.5 Å². The molecule has 166 valence electrons. The van der Waals surface area contributed by atoms with E-state index in [-0.39, 0.29) is 5.57 Å². The summed E-state index contributed by atoms with van der Waals surface area (Å²) >= 11 is 6.98. The van der Waals surface area contributed by atoms with Crippen molar-refractivity contribution in [2.24, 2.45) is 0 Å². The Labute approximate surface area is 207 Å². The van der Waals surface area contributed by atoms with Crippen LogP contribution in [0.1, 0.15) is 16.7 Å². The number of amides is 4. The summed E-state index contributed by atoms with van der Waals surface area (Å²) in [6.07, 6.45) is 1.45. The van der Waals surface area contributed by atoms with Gasteiger partial charge in [0.25, 0.3) is 11.8 Å². The highest BCUT2D eigenvalue weighted by molar-refractivity contribution is 9.10. The zero-order chi connectivity index (χ0) is 23.5. The first kappa shape index (κ1) is 22.9. The molecule has 1 N–H and O–H groups in total. The molecule has 3 aromatic rings. The molecule has 0 saturated carbocycles. The van der Waals surface area contributed by atoms with Gasteiger partial charge in [0.2, 0.25) is 0 Å². The molecule has 0 bridgehead atoms. The zero-order valence-corrected chi connectivity index (χ0v) is 20.6. The summed E-state index contributed by atoms with van der Waals surface area (Å²) in [5, 5.41) is 2.24. The summed E-state index contributed by atoms with van der Waals surface area (Å²) < 4.78 is 7.52. The number of aryl methyl sites for hydroxylation is 1. The number of hydrogen-bond acceptors (Lipinski definition) is 4. The summed E-state index contributed by atoms with van der Waals surface area (Å²) in [7, 11) is 0. The number of nitrogens with zero attached hydrogens (tertiary/aromatic N) is 1. The third kappa shape index (κ3) is 5.07. The second-order valence-corrected chi connectivity index (χ2v) is 9.08. The number of benzene rings is 3. The molecule has 8 heteroatoms. The molecular formula is C25H18Br2N2O4. The maximum Gasteiger partial charge on any atom is 0.335 e. The molecule has 1 fully saturated rings. The van der Waals surface area contributed by atoms with Gasteiger partial charge in [0.15, 0.2) is 0 Å². The smallest absolute Gasteiger partial charge is 0.335 e. The second kappa shape index (κ2) is 9.72. The lowest BCUT2D eigenvalue weighted by molar-refractivity contribution is -0.122. The van der Waals surface area contributed by atoms with Crippen molar-refractivity contribution in [3.8, 4) is 5.75 Å². The van der Waals surface area contributed by atoms with E-state index in [1.807, 2.05) is 37.3 Å². The Morgan fingerprint density at radius 3 is 2.45 bits per heavy atom. The average molecular weight is 570 g/mol. The van der Waals surface area contributed by atoms with E-state index in [4.69, 9.17) is 4.74 Å². The van der Waals surface area contributed by atoms with Crippen LogP contribution in [0.3, 0.4) is 0 Å². The van der Waals surface area contributed by atoms with E-state index in [1.165, 1.54) is 6.08 Å². The first-order valence-corrected chi connectivity index (χ1v) is 11.6. The summed E-state index contributed by atoms with van der Waals surface area (Å²) in [6, 6.07) is 19.2. The number of imide groups is 2. The maximum atomic E-state index is 13.0. The predicted octanol–water partition coefficient (Wildman–Crippen LogP) is 5.77. The largest absolute Gasteiger partial charge is 0.488 e. The summed E-state index contributed by atoms with van der Waals surface area (Å²) in [5.74, 6) is -0.803. The minimum Gasteiger partial charge on any atom is -0.488 e.